The molecule has 2 heterocycles. The predicted molar refractivity (Wildman–Crippen MR) is 107 cm³/mol. The van der Waals surface area contributed by atoms with Crippen LogP contribution in [-0.2, 0) is 16.6 Å². The first-order chi connectivity index (χ1) is 13.3. The van der Waals surface area contributed by atoms with Gasteiger partial charge in [-0.2, -0.15) is 9.61 Å². The van der Waals surface area contributed by atoms with Gasteiger partial charge in [-0.1, -0.05) is 42.5 Å². The molecule has 0 bridgehead atoms. The van der Waals surface area contributed by atoms with Crippen LogP contribution in [0.2, 0.25) is 0 Å². The van der Waals surface area contributed by atoms with Crippen molar-refractivity contribution in [3.05, 3.63) is 88.5 Å². The van der Waals surface area contributed by atoms with Gasteiger partial charge in [0.25, 0.3) is 5.56 Å². The maximum atomic E-state index is 12.9. The lowest BCUT2D eigenvalue weighted by Gasteiger charge is -2.12. The highest BCUT2D eigenvalue weighted by molar-refractivity contribution is 7.89. The fourth-order valence-electron chi connectivity index (χ4n) is 3.15. The number of aromatic nitrogens is 3. The van der Waals surface area contributed by atoms with E-state index in [0.29, 0.717) is 17.8 Å². The van der Waals surface area contributed by atoms with Crippen molar-refractivity contribution in [3.63, 3.8) is 0 Å². The molecule has 28 heavy (non-hydrogen) atoms. The molecule has 0 spiro atoms. The maximum Gasteiger partial charge on any atom is 0.282 e. The summed E-state index contributed by atoms with van der Waals surface area (Å²) in [5.41, 5.74) is 3.43. The van der Waals surface area contributed by atoms with Crippen molar-refractivity contribution in [1.29, 1.82) is 0 Å². The molecule has 0 saturated heterocycles. The second-order valence-corrected chi connectivity index (χ2v) is 8.15. The summed E-state index contributed by atoms with van der Waals surface area (Å²) >= 11 is 0. The van der Waals surface area contributed by atoms with Gasteiger partial charge in [-0.15, -0.1) is 0 Å². The fourth-order valence-corrected chi connectivity index (χ4v) is 3.67. The normalized spacial score (nSPS) is 11.8. The second-order valence-electron chi connectivity index (χ2n) is 6.59. The predicted octanol–water partition coefficient (Wildman–Crippen LogP) is 2.17. The van der Waals surface area contributed by atoms with Crippen LogP contribution in [0.15, 0.2) is 76.6 Å². The van der Waals surface area contributed by atoms with Gasteiger partial charge in [0.05, 0.1) is 16.2 Å². The lowest BCUT2D eigenvalue weighted by atomic mass is 10.1. The van der Waals surface area contributed by atoms with Crippen molar-refractivity contribution in [2.75, 3.05) is 0 Å². The summed E-state index contributed by atoms with van der Waals surface area (Å²) in [6.45, 7) is 2.28. The Morgan fingerprint density at radius 1 is 1.04 bits per heavy atom. The summed E-state index contributed by atoms with van der Waals surface area (Å²) in [5, 5.41) is 9.49. The van der Waals surface area contributed by atoms with Crippen molar-refractivity contribution in [2.45, 2.75) is 18.4 Å². The van der Waals surface area contributed by atoms with E-state index in [1.54, 1.807) is 12.1 Å². The van der Waals surface area contributed by atoms with Crippen molar-refractivity contribution in [3.8, 4) is 11.1 Å². The van der Waals surface area contributed by atoms with Crippen molar-refractivity contribution >= 4 is 15.7 Å². The van der Waals surface area contributed by atoms with E-state index in [1.165, 1.54) is 16.6 Å². The third-order valence-electron chi connectivity index (χ3n) is 4.50. The van der Waals surface area contributed by atoms with Crippen LogP contribution in [0.4, 0.5) is 0 Å². The van der Waals surface area contributed by atoms with E-state index >= 15 is 0 Å². The van der Waals surface area contributed by atoms with E-state index in [0.717, 1.165) is 16.8 Å². The molecule has 0 aliphatic rings. The van der Waals surface area contributed by atoms with Gasteiger partial charge < -0.3 is 4.57 Å². The molecule has 0 atom stereocenters. The Balaban J connectivity index is 1.84. The van der Waals surface area contributed by atoms with E-state index in [4.69, 9.17) is 5.14 Å². The lowest BCUT2D eigenvalue weighted by Crippen LogP contribution is -2.21. The summed E-state index contributed by atoms with van der Waals surface area (Å²) in [7, 11) is -3.73. The van der Waals surface area contributed by atoms with E-state index in [1.807, 2.05) is 54.1 Å². The van der Waals surface area contributed by atoms with Crippen LogP contribution in [0.25, 0.3) is 16.8 Å². The number of primary sulfonamides is 1. The molecule has 142 valence electrons. The molecule has 0 aliphatic heterocycles. The molecule has 0 radical (unpaired) electrons. The largest absolute Gasteiger partial charge is 0.328 e. The Labute approximate surface area is 161 Å². The van der Waals surface area contributed by atoms with Gasteiger partial charge >= 0.3 is 0 Å². The minimum atomic E-state index is -3.73. The van der Waals surface area contributed by atoms with Crippen LogP contribution in [0.3, 0.4) is 0 Å². The van der Waals surface area contributed by atoms with Crippen LogP contribution in [0.1, 0.15) is 11.3 Å². The maximum absolute atomic E-state index is 12.9. The van der Waals surface area contributed by atoms with Crippen LogP contribution < -0.4 is 10.7 Å². The zero-order valence-electron chi connectivity index (χ0n) is 15.1. The summed E-state index contributed by atoms with van der Waals surface area (Å²) in [5.74, 6) is 0. The third-order valence-corrected chi connectivity index (χ3v) is 5.43. The van der Waals surface area contributed by atoms with E-state index in [2.05, 4.69) is 5.10 Å². The molecule has 2 aromatic carbocycles. The standard InChI is InChI=1S/C20H18N4O3S/c1-14-11-19-23(12-15-7-9-17(10-8-15)28(21,26)27)13-18(20(25)24(19)22-14)16-5-3-2-4-6-16/h2-11,13H,12H2,1H3,(H2,21,26,27). The summed E-state index contributed by atoms with van der Waals surface area (Å²) in [6.07, 6.45) is 1.81. The number of fused-ring (bicyclic) bond motifs is 1. The average Bonchev–Trinajstić information content (AvgIpc) is 3.07. The summed E-state index contributed by atoms with van der Waals surface area (Å²) in [6, 6.07) is 17.6. The number of hydrogen-bond acceptors (Lipinski definition) is 4. The van der Waals surface area contributed by atoms with Gasteiger partial charge in [-0.3, -0.25) is 4.79 Å². The number of nitrogens with two attached hydrogens (primary N) is 1. The van der Waals surface area contributed by atoms with E-state index in [-0.39, 0.29) is 10.5 Å². The van der Waals surface area contributed by atoms with Gasteiger partial charge in [-0.05, 0) is 30.2 Å². The number of sulfonamides is 1. The molecule has 2 aromatic heterocycles. The van der Waals surface area contributed by atoms with Crippen LogP contribution in [-0.4, -0.2) is 22.6 Å². The molecule has 2 N–H and O–H groups in total. The second kappa shape index (κ2) is 6.74. The molecule has 7 nitrogen and oxygen atoms in total. The topological polar surface area (TPSA) is 99.5 Å². The van der Waals surface area contributed by atoms with Crippen molar-refractivity contribution in [2.24, 2.45) is 5.14 Å². The van der Waals surface area contributed by atoms with Crippen molar-refractivity contribution in [1.82, 2.24) is 14.2 Å². The third kappa shape index (κ3) is 3.35. The highest BCUT2D eigenvalue weighted by atomic mass is 32.2. The van der Waals surface area contributed by atoms with Gasteiger partial charge in [0.1, 0.15) is 5.65 Å². The Morgan fingerprint density at radius 2 is 1.71 bits per heavy atom. The highest BCUT2D eigenvalue weighted by Gasteiger charge is 2.13. The monoisotopic (exact) mass is 394 g/mol. The van der Waals surface area contributed by atoms with Crippen molar-refractivity contribution < 1.29 is 8.42 Å². The number of rotatable bonds is 4. The van der Waals surface area contributed by atoms with Crippen LogP contribution in [0.5, 0.6) is 0 Å². The summed E-state index contributed by atoms with van der Waals surface area (Å²) in [4.78, 5) is 13.0. The molecule has 0 aliphatic carbocycles. The van der Waals surface area contributed by atoms with E-state index in [9.17, 15) is 13.2 Å². The molecule has 0 amide bonds. The lowest BCUT2D eigenvalue weighted by molar-refractivity contribution is 0.597. The minimum absolute atomic E-state index is 0.0616. The SMILES string of the molecule is Cc1cc2n(Cc3ccc(S(N)(=O)=O)cc3)cc(-c3ccccc3)c(=O)n2n1. The smallest absolute Gasteiger partial charge is 0.282 e. The first-order valence-electron chi connectivity index (χ1n) is 8.60. The Kier molecular flexibility index (Phi) is 4.37. The van der Waals surface area contributed by atoms with E-state index < -0.39 is 10.0 Å². The number of aryl methyl sites for hydroxylation is 1. The molecule has 4 rings (SSSR count). The number of benzene rings is 2. The Hall–Kier alpha value is -3.23. The molecular weight excluding hydrogens is 376 g/mol. The number of hydrogen-bond donors (Lipinski definition) is 1. The van der Waals surface area contributed by atoms with Gasteiger partial charge in [0, 0.05) is 18.8 Å². The Bertz CT molecular complexity index is 1320. The zero-order valence-corrected chi connectivity index (χ0v) is 15.9. The first kappa shape index (κ1) is 18.1. The fraction of sp³-hybridized carbons (Fsp3) is 0.100. The minimum Gasteiger partial charge on any atom is -0.328 e. The van der Waals surface area contributed by atoms with Crippen LogP contribution >= 0.6 is 0 Å². The summed E-state index contributed by atoms with van der Waals surface area (Å²) < 4.78 is 26.2. The first-order valence-corrected chi connectivity index (χ1v) is 10.1. The van der Waals surface area contributed by atoms with Gasteiger partial charge in [-0.25, -0.2) is 13.6 Å². The van der Waals surface area contributed by atoms with Gasteiger partial charge in [0.2, 0.25) is 10.0 Å². The quantitative estimate of drug-likeness (QED) is 0.573. The van der Waals surface area contributed by atoms with Gasteiger partial charge in [0.15, 0.2) is 0 Å². The highest BCUT2D eigenvalue weighted by Crippen LogP contribution is 2.18. The zero-order chi connectivity index (χ0) is 19.9. The number of nitrogens with zero attached hydrogens (tertiary/aromatic N) is 3. The molecule has 0 saturated carbocycles. The molecular formula is C20H18N4O3S. The molecule has 8 heteroatoms. The molecule has 0 fully saturated rings. The Morgan fingerprint density at radius 3 is 2.36 bits per heavy atom. The molecule has 0 unspecified atom stereocenters. The van der Waals surface area contributed by atoms with Crippen LogP contribution in [0, 0.1) is 6.92 Å². The molecule has 4 aromatic rings. The average molecular weight is 394 g/mol.